The highest BCUT2D eigenvalue weighted by Gasteiger charge is 2.33. The zero-order valence-electron chi connectivity index (χ0n) is 12.1. The third-order valence-corrected chi connectivity index (χ3v) is 3.66. The van der Waals surface area contributed by atoms with Gasteiger partial charge in [0.05, 0.1) is 5.56 Å². The third kappa shape index (κ3) is 3.28. The lowest BCUT2D eigenvalue weighted by Crippen LogP contribution is -2.32. The van der Waals surface area contributed by atoms with Crippen LogP contribution in [0.4, 0.5) is 23.8 Å². The largest absolute Gasteiger partial charge is 0.417 e. The van der Waals surface area contributed by atoms with Gasteiger partial charge in [-0.2, -0.15) is 13.2 Å². The van der Waals surface area contributed by atoms with Crippen LogP contribution in [0.15, 0.2) is 48.7 Å². The molecule has 1 aromatic carbocycles. The summed E-state index contributed by atoms with van der Waals surface area (Å²) in [6, 6.07) is 11.5. The Bertz CT molecular complexity index is 686. The van der Waals surface area contributed by atoms with Crippen molar-refractivity contribution in [1.82, 2.24) is 9.88 Å². The van der Waals surface area contributed by atoms with Gasteiger partial charge in [-0.05, 0) is 17.7 Å². The first kappa shape index (κ1) is 15.3. The Morgan fingerprint density at radius 1 is 1.04 bits per heavy atom. The maximum absolute atomic E-state index is 12.5. The van der Waals surface area contributed by atoms with Crippen molar-refractivity contribution in [2.24, 2.45) is 0 Å². The van der Waals surface area contributed by atoms with Crippen LogP contribution in [-0.4, -0.2) is 29.0 Å². The molecule has 1 aliphatic rings. The van der Waals surface area contributed by atoms with E-state index in [0.717, 1.165) is 17.8 Å². The molecular formula is C16H14F3N3O. The molecule has 4 nitrogen and oxygen atoms in total. The molecule has 3 rings (SSSR count). The van der Waals surface area contributed by atoms with E-state index in [-0.39, 0.29) is 11.8 Å². The van der Waals surface area contributed by atoms with Gasteiger partial charge in [0.2, 0.25) is 0 Å². The van der Waals surface area contributed by atoms with Crippen LogP contribution in [-0.2, 0) is 12.7 Å². The van der Waals surface area contributed by atoms with E-state index in [1.54, 1.807) is 4.90 Å². The standard InChI is InChI=1S/C16H14F3N3O/c17-16(18,19)13-6-7-14(20-10-13)22-9-8-21(15(22)23)11-12-4-2-1-3-5-12/h1-7,10H,8-9,11H2. The fraction of sp³-hybridized carbons (Fsp3) is 0.250. The molecule has 120 valence electrons. The predicted molar refractivity (Wildman–Crippen MR) is 78.8 cm³/mol. The topological polar surface area (TPSA) is 36.4 Å². The summed E-state index contributed by atoms with van der Waals surface area (Å²) in [5, 5.41) is 0. The van der Waals surface area contributed by atoms with Gasteiger partial charge in [0.15, 0.2) is 0 Å². The van der Waals surface area contributed by atoms with Crippen molar-refractivity contribution >= 4 is 11.8 Å². The minimum Gasteiger partial charge on any atom is -0.318 e. The Kier molecular flexibility index (Phi) is 3.94. The van der Waals surface area contributed by atoms with Crippen LogP contribution in [0.3, 0.4) is 0 Å². The number of alkyl halides is 3. The van der Waals surface area contributed by atoms with E-state index in [1.807, 2.05) is 30.3 Å². The van der Waals surface area contributed by atoms with Gasteiger partial charge < -0.3 is 4.90 Å². The lowest BCUT2D eigenvalue weighted by atomic mass is 10.2. The third-order valence-electron chi connectivity index (χ3n) is 3.66. The average molecular weight is 321 g/mol. The predicted octanol–water partition coefficient (Wildman–Crippen LogP) is 3.54. The summed E-state index contributed by atoms with van der Waals surface area (Å²) >= 11 is 0. The molecule has 1 saturated heterocycles. The maximum Gasteiger partial charge on any atom is 0.417 e. The molecule has 0 spiro atoms. The van der Waals surface area contributed by atoms with Gasteiger partial charge in [-0.15, -0.1) is 0 Å². The fourth-order valence-corrected chi connectivity index (χ4v) is 2.46. The van der Waals surface area contributed by atoms with Crippen molar-refractivity contribution in [1.29, 1.82) is 0 Å². The quantitative estimate of drug-likeness (QED) is 0.867. The van der Waals surface area contributed by atoms with Crippen LogP contribution in [0.2, 0.25) is 0 Å². The van der Waals surface area contributed by atoms with Crippen molar-refractivity contribution in [2.45, 2.75) is 12.7 Å². The van der Waals surface area contributed by atoms with Crippen LogP contribution in [0.1, 0.15) is 11.1 Å². The van der Waals surface area contributed by atoms with Gasteiger partial charge in [0.25, 0.3) is 0 Å². The van der Waals surface area contributed by atoms with E-state index in [9.17, 15) is 18.0 Å². The lowest BCUT2D eigenvalue weighted by molar-refractivity contribution is -0.137. The number of carbonyl (C=O) groups is 1. The summed E-state index contributed by atoms with van der Waals surface area (Å²) < 4.78 is 37.6. The van der Waals surface area contributed by atoms with Crippen molar-refractivity contribution < 1.29 is 18.0 Å². The molecule has 0 radical (unpaired) electrons. The van der Waals surface area contributed by atoms with Crippen LogP contribution >= 0.6 is 0 Å². The number of rotatable bonds is 3. The van der Waals surface area contributed by atoms with Crippen LogP contribution < -0.4 is 4.90 Å². The van der Waals surface area contributed by atoms with Gasteiger partial charge in [-0.3, -0.25) is 4.90 Å². The number of benzene rings is 1. The Labute approximate surface area is 131 Å². The number of hydrogen-bond donors (Lipinski definition) is 0. The van der Waals surface area contributed by atoms with Crippen molar-refractivity contribution in [3.8, 4) is 0 Å². The Hall–Kier alpha value is -2.57. The molecule has 1 aromatic heterocycles. The summed E-state index contributed by atoms with van der Waals surface area (Å²) in [5.74, 6) is 0.235. The van der Waals surface area contributed by atoms with Gasteiger partial charge in [-0.25, -0.2) is 9.78 Å². The van der Waals surface area contributed by atoms with Crippen LogP contribution in [0.25, 0.3) is 0 Å². The molecule has 2 heterocycles. The number of anilines is 1. The second-order valence-corrected chi connectivity index (χ2v) is 5.24. The van der Waals surface area contributed by atoms with E-state index in [1.165, 1.54) is 11.0 Å². The molecule has 2 amide bonds. The molecule has 7 heteroatoms. The summed E-state index contributed by atoms with van der Waals surface area (Å²) in [5.41, 5.74) is 0.178. The van der Waals surface area contributed by atoms with Gasteiger partial charge in [0, 0.05) is 25.8 Å². The van der Waals surface area contributed by atoms with Gasteiger partial charge >= 0.3 is 12.2 Å². The average Bonchev–Trinajstić information content (AvgIpc) is 2.89. The van der Waals surface area contributed by atoms with Crippen LogP contribution in [0, 0.1) is 0 Å². The van der Waals surface area contributed by atoms with Gasteiger partial charge in [-0.1, -0.05) is 30.3 Å². The zero-order chi connectivity index (χ0) is 16.4. The Balaban J connectivity index is 1.71. The lowest BCUT2D eigenvalue weighted by Gasteiger charge is -2.18. The normalized spacial score (nSPS) is 15.3. The monoisotopic (exact) mass is 321 g/mol. The number of aromatic nitrogens is 1. The number of pyridine rings is 1. The van der Waals surface area contributed by atoms with E-state index >= 15 is 0 Å². The molecule has 2 aromatic rings. The van der Waals surface area contributed by atoms with E-state index in [4.69, 9.17) is 0 Å². The SMILES string of the molecule is O=C1N(Cc2ccccc2)CCN1c1ccc(C(F)(F)F)cn1. The fourth-order valence-electron chi connectivity index (χ4n) is 2.46. The smallest absolute Gasteiger partial charge is 0.318 e. The second kappa shape index (κ2) is 5.91. The molecule has 23 heavy (non-hydrogen) atoms. The molecular weight excluding hydrogens is 307 g/mol. The zero-order valence-corrected chi connectivity index (χ0v) is 12.1. The Morgan fingerprint density at radius 2 is 1.78 bits per heavy atom. The number of halogens is 3. The summed E-state index contributed by atoms with van der Waals surface area (Å²) in [6.45, 7) is 1.39. The first-order valence-corrected chi connectivity index (χ1v) is 7.09. The minimum absolute atomic E-state index is 0.235. The molecule has 1 fully saturated rings. The summed E-state index contributed by atoms with van der Waals surface area (Å²) in [7, 11) is 0. The number of carbonyl (C=O) groups excluding carboxylic acids is 1. The van der Waals surface area contributed by atoms with E-state index < -0.39 is 11.7 Å². The molecule has 0 bridgehead atoms. The second-order valence-electron chi connectivity index (χ2n) is 5.24. The summed E-state index contributed by atoms with van der Waals surface area (Å²) in [6.07, 6.45) is -3.68. The number of nitrogens with zero attached hydrogens (tertiary/aromatic N) is 3. The highest BCUT2D eigenvalue weighted by molar-refractivity contribution is 5.93. The molecule has 0 atom stereocenters. The summed E-state index contributed by atoms with van der Waals surface area (Å²) in [4.78, 5) is 19.2. The highest BCUT2D eigenvalue weighted by atomic mass is 19.4. The van der Waals surface area contributed by atoms with Crippen LogP contribution in [0.5, 0.6) is 0 Å². The first-order valence-electron chi connectivity index (χ1n) is 7.09. The number of hydrogen-bond acceptors (Lipinski definition) is 2. The Morgan fingerprint density at radius 3 is 2.39 bits per heavy atom. The van der Waals surface area contributed by atoms with Crippen molar-refractivity contribution in [3.05, 3.63) is 59.8 Å². The van der Waals surface area contributed by atoms with Crippen molar-refractivity contribution in [2.75, 3.05) is 18.0 Å². The number of urea groups is 1. The van der Waals surface area contributed by atoms with E-state index in [2.05, 4.69) is 4.98 Å². The minimum atomic E-state index is -4.43. The molecule has 0 N–H and O–H groups in total. The number of amides is 2. The molecule has 0 aliphatic carbocycles. The van der Waals surface area contributed by atoms with Gasteiger partial charge in [0.1, 0.15) is 5.82 Å². The molecule has 0 saturated carbocycles. The first-order chi connectivity index (χ1) is 10.9. The van der Waals surface area contributed by atoms with E-state index in [0.29, 0.717) is 19.6 Å². The van der Waals surface area contributed by atoms with Crippen molar-refractivity contribution in [3.63, 3.8) is 0 Å². The molecule has 1 aliphatic heterocycles. The maximum atomic E-state index is 12.5. The molecule has 0 unspecified atom stereocenters. The highest BCUT2D eigenvalue weighted by Crippen LogP contribution is 2.30.